The summed E-state index contributed by atoms with van der Waals surface area (Å²) in [6, 6.07) is 1.96. The average Bonchev–Trinajstić information content (AvgIpc) is 2.82. The standard InChI is InChI=1S/C12H16O2/c13-12(8-9-3-4-9)6-1-2-11-10(12)5-7-14-11/h5,7,9,13H,1-4,6,8H2. The van der Waals surface area contributed by atoms with Crippen molar-refractivity contribution in [3.05, 3.63) is 23.7 Å². The van der Waals surface area contributed by atoms with Crippen molar-refractivity contribution in [2.45, 2.75) is 44.1 Å². The Hall–Kier alpha value is -0.760. The van der Waals surface area contributed by atoms with Gasteiger partial charge in [-0.15, -0.1) is 0 Å². The Morgan fingerprint density at radius 1 is 1.50 bits per heavy atom. The Morgan fingerprint density at radius 2 is 2.36 bits per heavy atom. The number of furan rings is 1. The molecule has 1 N–H and O–H groups in total. The third-order valence-electron chi connectivity index (χ3n) is 3.56. The van der Waals surface area contributed by atoms with Gasteiger partial charge in [-0.05, 0) is 31.2 Å². The highest BCUT2D eigenvalue weighted by atomic mass is 16.3. The maximum atomic E-state index is 10.6. The summed E-state index contributed by atoms with van der Waals surface area (Å²) in [6.07, 6.45) is 8.23. The molecular weight excluding hydrogens is 176 g/mol. The lowest BCUT2D eigenvalue weighted by Crippen LogP contribution is -2.30. The fourth-order valence-electron chi connectivity index (χ4n) is 2.64. The first-order valence-corrected chi connectivity index (χ1v) is 5.57. The number of rotatable bonds is 2. The summed E-state index contributed by atoms with van der Waals surface area (Å²) >= 11 is 0. The molecule has 2 nitrogen and oxygen atoms in total. The SMILES string of the molecule is OC1(CC2CC2)CCCc2occc21. The van der Waals surface area contributed by atoms with Crippen LogP contribution in [0, 0.1) is 5.92 Å². The van der Waals surface area contributed by atoms with E-state index in [0.717, 1.165) is 42.9 Å². The molecule has 1 atom stereocenters. The number of hydrogen-bond acceptors (Lipinski definition) is 2. The maximum Gasteiger partial charge on any atom is 0.109 e. The highest BCUT2D eigenvalue weighted by Gasteiger charge is 2.40. The fraction of sp³-hybridized carbons (Fsp3) is 0.667. The second-order valence-electron chi connectivity index (χ2n) is 4.79. The van der Waals surface area contributed by atoms with Crippen LogP contribution in [-0.2, 0) is 12.0 Å². The summed E-state index contributed by atoms with van der Waals surface area (Å²) in [5.74, 6) is 1.78. The quantitative estimate of drug-likeness (QED) is 0.781. The Kier molecular flexibility index (Phi) is 1.75. The minimum atomic E-state index is -0.568. The summed E-state index contributed by atoms with van der Waals surface area (Å²) in [5.41, 5.74) is 0.498. The minimum Gasteiger partial charge on any atom is -0.469 e. The number of aliphatic hydroxyl groups is 1. The molecule has 1 aromatic rings. The van der Waals surface area contributed by atoms with Gasteiger partial charge in [0.05, 0.1) is 11.9 Å². The first kappa shape index (κ1) is 8.54. The van der Waals surface area contributed by atoms with Gasteiger partial charge in [0, 0.05) is 12.0 Å². The van der Waals surface area contributed by atoms with Crippen molar-refractivity contribution in [1.82, 2.24) is 0 Å². The maximum absolute atomic E-state index is 10.6. The van der Waals surface area contributed by atoms with Gasteiger partial charge in [-0.1, -0.05) is 12.8 Å². The summed E-state index contributed by atoms with van der Waals surface area (Å²) in [4.78, 5) is 0. The molecular formula is C12H16O2. The van der Waals surface area contributed by atoms with Crippen LogP contribution in [0.25, 0.3) is 0 Å². The molecule has 14 heavy (non-hydrogen) atoms. The van der Waals surface area contributed by atoms with Crippen LogP contribution in [0.4, 0.5) is 0 Å². The highest BCUT2D eigenvalue weighted by molar-refractivity contribution is 5.27. The van der Waals surface area contributed by atoms with Crippen LogP contribution in [0.5, 0.6) is 0 Å². The van der Waals surface area contributed by atoms with Gasteiger partial charge in [0.15, 0.2) is 0 Å². The smallest absolute Gasteiger partial charge is 0.109 e. The van der Waals surface area contributed by atoms with Crippen molar-refractivity contribution in [3.8, 4) is 0 Å². The van der Waals surface area contributed by atoms with Crippen LogP contribution in [0.2, 0.25) is 0 Å². The van der Waals surface area contributed by atoms with E-state index in [0.29, 0.717) is 0 Å². The van der Waals surface area contributed by atoms with Gasteiger partial charge in [-0.25, -0.2) is 0 Å². The Bertz CT molecular complexity index is 338. The number of aryl methyl sites for hydroxylation is 1. The van der Waals surface area contributed by atoms with E-state index in [2.05, 4.69) is 0 Å². The first-order valence-electron chi connectivity index (χ1n) is 5.57. The van der Waals surface area contributed by atoms with Gasteiger partial charge in [-0.3, -0.25) is 0 Å². The molecule has 1 fully saturated rings. The third-order valence-corrected chi connectivity index (χ3v) is 3.56. The van der Waals surface area contributed by atoms with E-state index in [9.17, 15) is 5.11 Å². The van der Waals surface area contributed by atoms with Crippen LogP contribution in [0.3, 0.4) is 0 Å². The third kappa shape index (κ3) is 1.29. The van der Waals surface area contributed by atoms with Crippen molar-refractivity contribution < 1.29 is 9.52 Å². The molecule has 0 spiro atoms. The predicted molar refractivity (Wildman–Crippen MR) is 52.9 cm³/mol. The summed E-state index contributed by atoms with van der Waals surface area (Å²) in [5, 5.41) is 10.6. The predicted octanol–water partition coefficient (Wildman–Crippen LogP) is 2.60. The topological polar surface area (TPSA) is 33.4 Å². The van der Waals surface area contributed by atoms with Gasteiger partial charge < -0.3 is 9.52 Å². The van der Waals surface area contributed by atoms with Crippen molar-refractivity contribution in [2.75, 3.05) is 0 Å². The molecule has 1 saturated carbocycles. The minimum absolute atomic E-state index is 0.568. The second-order valence-corrected chi connectivity index (χ2v) is 4.79. The van der Waals surface area contributed by atoms with Gasteiger partial charge in [0.2, 0.25) is 0 Å². The average molecular weight is 192 g/mol. The lowest BCUT2D eigenvalue weighted by Gasteiger charge is -2.31. The monoisotopic (exact) mass is 192 g/mol. The van der Waals surface area contributed by atoms with Gasteiger partial charge in [0.25, 0.3) is 0 Å². The van der Waals surface area contributed by atoms with E-state index in [4.69, 9.17) is 4.42 Å². The second kappa shape index (κ2) is 2.86. The van der Waals surface area contributed by atoms with Crippen LogP contribution < -0.4 is 0 Å². The molecule has 1 unspecified atom stereocenters. The van der Waals surface area contributed by atoms with E-state index in [1.165, 1.54) is 12.8 Å². The van der Waals surface area contributed by atoms with Crippen molar-refractivity contribution in [2.24, 2.45) is 5.92 Å². The van der Waals surface area contributed by atoms with E-state index in [1.807, 2.05) is 6.07 Å². The van der Waals surface area contributed by atoms with Gasteiger partial charge >= 0.3 is 0 Å². The Balaban J connectivity index is 1.92. The summed E-state index contributed by atoms with van der Waals surface area (Å²) < 4.78 is 5.39. The molecule has 0 radical (unpaired) electrons. The zero-order valence-electron chi connectivity index (χ0n) is 8.33. The normalized spacial score (nSPS) is 31.5. The molecule has 2 heteroatoms. The Labute approximate surface area is 83.9 Å². The first-order chi connectivity index (χ1) is 6.78. The van der Waals surface area contributed by atoms with Crippen molar-refractivity contribution >= 4 is 0 Å². The fourth-order valence-corrected chi connectivity index (χ4v) is 2.64. The van der Waals surface area contributed by atoms with Gasteiger partial charge in [-0.2, -0.15) is 0 Å². The molecule has 0 amide bonds. The molecule has 76 valence electrons. The zero-order chi connectivity index (χ0) is 9.60. The molecule has 0 bridgehead atoms. The largest absolute Gasteiger partial charge is 0.469 e. The zero-order valence-corrected chi connectivity index (χ0v) is 8.33. The summed E-state index contributed by atoms with van der Waals surface area (Å²) in [6.45, 7) is 0. The number of hydrogen-bond donors (Lipinski definition) is 1. The van der Waals surface area contributed by atoms with E-state index in [-0.39, 0.29) is 0 Å². The lowest BCUT2D eigenvalue weighted by molar-refractivity contribution is 0.00267. The molecule has 3 rings (SSSR count). The molecule has 1 aromatic heterocycles. The van der Waals surface area contributed by atoms with E-state index >= 15 is 0 Å². The Morgan fingerprint density at radius 3 is 3.14 bits per heavy atom. The molecule has 0 aromatic carbocycles. The molecule has 2 aliphatic rings. The number of fused-ring (bicyclic) bond motifs is 1. The molecule has 1 heterocycles. The van der Waals surface area contributed by atoms with E-state index in [1.54, 1.807) is 6.26 Å². The molecule has 0 aliphatic heterocycles. The van der Waals surface area contributed by atoms with Crippen molar-refractivity contribution in [3.63, 3.8) is 0 Å². The van der Waals surface area contributed by atoms with Crippen LogP contribution in [-0.4, -0.2) is 5.11 Å². The van der Waals surface area contributed by atoms with Crippen molar-refractivity contribution in [1.29, 1.82) is 0 Å². The van der Waals surface area contributed by atoms with Gasteiger partial charge in [0.1, 0.15) is 5.76 Å². The lowest BCUT2D eigenvalue weighted by atomic mass is 9.79. The highest BCUT2D eigenvalue weighted by Crippen LogP contribution is 2.46. The van der Waals surface area contributed by atoms with Crippen LogP contribution in [0.15, 0.2) is 16.7 Å². The van der Waals surface area contributed by atoms with Crippen LogP contribution >= 0.6 is 0 Å². The van der Waals surface area contributed by atoms with E-state index < -0.39 is 5.60 Å². The molecule has 2 aliphatic carbocycles. The molecule has 0 saturated heterocycles. The summed E-state index contributed by atoms with van der Waals surface area (Å²) in [7, 11) is 0. The van der Waals surface area contributed by atoms with Crippen LogP contribution in [0.1, 0.15) is 43.4 Å².